The standard InChI is InChI=1S/C16H21F/c1-6-7-8-11(2)14(5)15-9-12(3)13(4)10-16(15)17/h9-11,14H,6H2,1-5H3. The lowest BCUT2D eigenvalue weighted by Crippen LogP contribution is -2.07. The largest absolute Gasteiger partial charge is 0.207 e. The van der Waals surface area contributed by atoms with E-state index in [-0.39, 0.29) is 17.7 Å². The Labute approximate surface area is 104 Å². The van der Waals surface area contributed by atoms with Crippen LogP contribution >= 0.6 is 0 Å². The van der Waals surface area contributed by atoms with Crippen LogP contribution in [-0.2, 0) is 0 Å². The molecule has 2 atom stereocenters. The molecule has 0 nitrogen and oxygen atoms in total. The Bertz CT molecular complexity index is 449. The van der Waals surface area contributed by atoms with E-state index in [4.69, 9.17) is 0 Å². The second kappa shape index (κ2) is 5.87. The molecule has 17 heavy (non-hydrogen) atoms. The Kier molecular flexibility index (Phi) is 4.75. The first-order chi connectivity index (χ1) is 7.97. The Morgan fingerprint density at radius 1 is 1.18 bits per heavy atom. The molecule has 1 aromatic carbocycles. The van der Waals surface area contributed by atoms with Crippen molar-refractivity contribution in [2.24, 2.45) is 5.92 Å². The fourth-order valence-electron chi connectivity index (χ4n) is 1.81. The summed E-state index contributed by atoms with van der Waals surface area (Å²) >= 11 is 0. The average Bonchev–Trinajstić information content (AvgIpc) is 2.29. The highest BCUT2D eigenvalue weighted by Crippen LogP contribution is 2.28. The van der Waals surface area contributed by atoms with Crippen LogP contribution in [0.3, 0.4) is 0 Å². The molecule has 0 N–H and O–H groups in total. The van der Waals surface area contributed by atoms with Gasteiger partial charge in [0.2, 0.25) is 0 Å². The normalized spacial score (nSPS) is 13.8. The molecule has 0 aliphatic carbocycles. The average molecular weight is 232 g/mol. The molecule has 1 heteroatoms. The number of aryl methyl sites for hydroxylation is 2. The summed E-state index contributed by atoms with van der Waals surface area (Å²) in [7, 11) is 0. The van der Waals surface area contributed by atoms with Crippen molar-refractivity contribution in [2.75, 3.05) is 0 Å². The first-order valence-electron chi connectivity index (χ1n) is 6.22. The smallest absolute Gasteiger partial charge is 0.126 e. The number of hydrogen-bond acceptors (Lipinski definition) is 0. The van der Waals surface area contributed by atoms with E-state index in [1.54, 1.807) is 6.07 Å². The van der Waals surface area contributed by atoms with Gasteiger partial charge in [-0.1, -0.05) is 32.8 Å². The molecule has 0 saturated heterocycles. The van der Waals surface area contributed by atoms with Gasteiger partial charge >= 0.3 is 0 Å². The van der Waals surface area contributed by atoms with Crippen LogP contribution < -0.4 is 0 Å². The summed E-state index contributed by atoms with van der Waals surface area (Å²) in [6, 6.07) is 3.58. The lowest BCUT2D eigenvalue weighted by atomic mass is 9.87. The lowest BCUT2D eigenvalue weighted by molar-refractivity contribution is 0.544. The lowest BCUT2D eigenvalue weighted by Gasteiger charge is -2.17. The summed E-state index contributed by atoms with van der Waals surface area (Å²) in [6.07, 6.45) is 0.854. The van der Waals surface area contributed by atoms with Gasteiger partial charge in [-0.05, 0) is 42.5 Å². The van der Waals surface area contributed by atoms with Gasteiger partial charge in [0, 0.05) is 12.3 Å². The van der Waals surface area contributed by atoms with E-state index in [1.165, 1.54) is 0 Å². The van der Waals surface area contributed by atoms with Gasteiger partial charge in [-0.15, -0.1) is 5.92 Å². The van der Waals surface area contributed by atoms with Gasteiger partial charge in [0.15, 0.2) is 0 Å². The van der Waals surface area contributed by atoms with E-state index in [9.17, 15) is 4.39 Å². The number of rotatable bonds is 2. The molecule has 0 bridgehead atoms. The van der Waals surface area contributed by atoms with Crippen LogP contribution in [0.15, 0.2) is 12.1 Å². The predicted octanol–water partition coefficient (Wildman–Crippen LogP) is 4.60. The summed E-state index contributed by atoms with van der Waals surface area (Å²) in [5.74, 6) is 6.46. The number of halogens is 1. The van der Waals surface area contributed by atoms with E-state index in [2.05, 4.69) is 18.8 Å². The molecule has 0 spiro atoms. The third-order valence-corrected chi connectivity index (χ3v) is 3.36. The molecule has 92 valence electrons. The molecule has 0 aliphatic heterocycles. The molecular weight excluding hydrogens is 211 g/mol. The zero-order valence-corrected chi connectivity index (χ0v) is 11.4. The van der Waals surface area contributed by atoms with Crippen LogP contribution in [-0.4, -0.2) is 0 Å². The first kappa shape index (κ1) is 13.8. The van der Waals surface area contributed by atoms with Crippen LogP contribution in [0.1, 0.15) is 49.8 Å². The van der Waals surface area contributed by atoms with Crippen LogP contribution in [0.25, 0.3) is 0 Å². The molecule has 1 rings (SSSR count). The van der Waals surface area contributed by atoms with Gasteiger partial charge in [-0.25, -0.2) is 4.39 Å². The Balaban J connectivity index is 3.03. The maximum atomic E-state index is 13.9. The van der Waals surface area contributed by atoms with E-state index in [0.29, 0.717) is 0 Å². The van der Waals surface area contributed by atoms with E-state index < -0.39 is 0 Å². The summed E-state index contributed by atoms with van der Waals surface area (Å²) in [5.41, 5.74) is 2.93. The molecule has 0 amide bonds. The molecule has 2 unspecified atom stereocenters. The Hall–Kier alpha value is -1.29. The van der Waals surface area contributed by atoms with Gasteiger partial charge in [0.05, 0.1) is 0 Å². The summed E-state index contributed by atoms with van der Waals surface area (Å²) in [6.45, 7) is 10.1. The van der Waals surface area contributed by atoms with Gasteiger partial charge < -0.3 is 0 Å². The second-order valence-corrected chi connectivity index (χ2v) is 4.71. The van der Waals surface area contributed by atoms with Gasteiger partial charge in [0.1, 0.15) is 5.82 Å². The fourth-order valence-corrected chi connectivity index (χ4v) is 1.81. The number of hydrogen-bond donors (Lipinski definition) is 0. The monoisotopic (exact) mass is 232 g/mol. The summed E-state index contributed by atoms with van der Waals surface area (Å²) in [5, 5.41) is 0. The molecule has 0 aliphatic rings. The minimum Gasteiger partial charge on any atom is -0.207 e. The predicted molar refractivity (Wildman–Crippen MR) is 71.5 cm³/mol. The van der Waals surface area contributed by atoms with Crippen molar-refractivity contribution in [1.82, 2.24) is 0 Å². The first-order valence-corrected chi connectivity index (χ1v) is 6.22. The molecule has 0 aromatic heterocycles. The molecule has 0 heterocycles. The highest BCUT2D eigenvalue weighted by Gasteiger charge is 2.17. The zero-order chi connectivity index (χ0) is 13.0. The van der Waals surface area contributed by atoms with Crippen LogP contribution in [0, 0.1) is 37.4 Å². The zero-order valence-electron chi connectivity index (χ0n) is 11.4. The molecule has 0 radical (unpaired) electrons. The Morgan fingerprint density at radius 2 is 1.76 bits per heavy atom. The van der Waals surface area contributed by atoms with Crippen molar-refractivity contribution in [3.8, 4) is 11.8 Å². The third-order valence-electron chi connectivity index (χ3n) is 3.36. The maximum Gasteiger partial charge on any atom is 0.126 e. The van der Waals surface area contributed by atoms with Crippen molar-refractivity contribution in [3.05, 3.63) is 34.6 Å². The summed E-state index contributed by atoms with van der Waals surface area (Å²) in [4.78, 5) is 0. The molecule has 1 aromatic rings. The van der Waals surface area contributed by atoms with E-state index in [1.807, 2.05) is 33.8 Å². The molecule has 0 fully saturated rings. The highest BCUT2D eigenvalue weighted by molar-refractivity contribution is 5.34. The molecule has 0 saturated carbocycles. The van der Waals surface area contributed by atoms with E-state index in [0.717, 1.165) is 23.1 Å². The SMILES string of the molecule is CCC#CC(C)C(C)c1cc(C)c(C)cc1F. The van der Waals surface area contributed by atoms with Crippen LogP contribution in [0.5, 0.6) is 0 Å². The Morgan fingerprint density at radius 3 is 2.35 bits per heavy atom. The van der Waals surface area contributed by atoms with Gasteiger partial charge in [-0.3, -0.25) is 0 Å². The van der Waals surface area contributed by atoms with Crippen molar-refractivity contribution >= 4 is 0 Å². The van der Waals surface area contributed by atoms with Crippen molar-refractivity contribution in [1.29, 1.82) is 0 Å². The van der Waals surface area contributed by atoms with Gasteiger partial charge in [0.25, 0.3) is 0 Å². The van der Waals surface area contributed by atoms with Crippen LogP contribution in [0.4, 0.5) is 4.39 Å². The minimum absolute atomic E-state index is 0.106. The molecular formula is C16H21F. The second-order valence-electron chi connectivity index (χ2n) is 4.71. The highest BCUT2D eigenvalue weighted by atomic mass is 19.1. The fraction of sp³-hybridized carbons (Fsp3) is 0.500. The maximum absolute atomic E-state index is 13.9. The van der Waals surface area contributed by atoms with Crippen LogP contribution in [0.2, 0.25) is 0 Å². The topological polar surface area (TPSA) is 0 Å². The number of benzene rings is 1. The van der Waals surface area contributed by atoms with Gasteiger partial charge in [-0.2, -0.15) is 0 Å². The summed E-state index contributed by atoms with van der Waals surface area (Å²) < 4.78 is 13.9. The van der Waals surface area contributed by atoms with Crippen molar-refractivity contribution in [3.63, 3.8) is 0 Å². The minimum atomic E-state index is -0.106. The quantitative estimate of drug-likeness (QED) is 0.654. The van der Waals surface area contributed by atoms with E-state index >= 15 is 0 Å². The van der Waals surface area contributed by atoms with Crippen molar-refractivity contribution in [2.45, 2.75) is 47.0 Å². The third kappa shape index (κ3) is 3.33. The van der Waals surface area contributed by atoms with Crippen molar-refractivity contribution < 1.29 is 4.39 Å².